The van der Waals surface area contributed by atoms with Crippen molar-refractivity contribution in [3.63, 3.8) is 0 Å². The Labute approximate surface area is 199 Å². The van der Waals surface area contributed by atoms with Crippen molar-refractivity contribution in [1.82, 2.24) is 0 Å². The molecule has 0 rings (SSSR count). The largest absolute Gasteiger partial charge is 0.481 e. The van der Waals surface area contributed by atoms with Crippen LogP contribution in [0, 0.1) is 10.8 Å². The zero-order valence-corrected chi connectivity index (χ0v) is 21.9. The zero-order valence-electron chi connectivity index (χ0n) is 21.9. The monoisotopic (exact) mass is 454 g/mol. The lowest BCUT2D eigenvalue weighted by Crippen LogP contribution is -2.13. The molecule has 0 aliphatic rings. The summed E-state index contributed by atoms with van der Waals surface area (Å²) < 4.78 is 0. The van der Waals surface area contributed by atoms with Crippen molar-refractivity contribution in [3.05, 3.63) is 0 Å². The van der Waals surface area contributed by atoms with Crippen LogP contribution in [0.2, 0.25) is 0 Å². The molecule has 0 fully saturated rings. The van der Waals surface area contributed by atoms with Crippen LogP contribution in [0.15, 0.2) is 0 Å². The third kappa shape index (κ3) is 22.1. The average molecular weight is 455 g/mol. The van der Waals surface area contributed by atoms with Crippen molar-refractivity contribution in [1.29, 1.82) is 0 Å². The number of carbonyl (C=O) groups is 2. The van der Waals surface area contributed by atoms with Crippen LogP contribution >= 0.6 is 0 Å². The van der Waals surface area contributed by atoms with E-state index in [9.17, 15) is 9.59 Å². The maximum absolute atomic E-state index is 10.8. The Balaban J connectivity index is 3.52. The first-order chi connectivity index (χ1) is 15.0. The molecule has 4 nitrogen and oxygen atoms in total. The van der Waals surface area contributed by atoms with Crippen molar-refractivity contribution in [2.75, 3.05) is 0 Å². The highest BCUT2D eigenvalue weighted by molar-refractivity contribution is 5.66. The molecule has 0 heterocycles. The molecule has 0 amide bonds. The van der Waals surface area contributed by atoms with Crippen LogP contribution in [0.25, 0.3) is 0 Å². The van der Waals surface area contributed by atoms with E-state index >= 15 is 0 Å². The van der Waals surface area contributed by atoms with Gasteiger partial charge in [0, 0.05) is 12.8 Å². The first-order valence-corrected chi connectivity index (χ1v) is 13.5. The number of aliphatic carboxylic acids is 2. The van der Waals surface area contributed by atoms with Crippen molar-refractivity contribution in [3.8, 4) is 0 Å². The van der Waals surface area contributed by atoms with Gasteiger partial charge in [-0.2, -0.15) is 0 Å². The Morgan fingerprint density at radius 1 is 0.438 bits per heavy atom. The fraction of sp³-hybridized carbons (Fsp3) is 0.929. The summed E-state index contributed by atoms with van der Waals surface area (Å²) in [5.41, 5.74) is 0.607. The molecule has 0 aliphatic heterocycles. The van der Waals surface area contributed by atoms with Crippen molar-refractivity contribution >= 4 is 11.9 Å². The Hall–Kier alpha value is -1.06. The van der Waals surface area contributed by atoms with Crippen molar-refractivity contribution in [2.24, 2.45) is 10.8 Å². The molecule has 0 spiro atoms. The smallest absolute Gasteiger partial charge is 0.303 e. The highest BCUT2D eigenvalue weighted by Crippen LogP contribution is 2.32. The summed E-state index contributed by atoms with van der Waals surface area (Å²) in [6.45, 7) is 9.24. The van der Waals surface area contributed by atoms with E-state index in [1.807, 2.05) is 0 Å². The van der Waals surface area contributed by atoms with Gasteiger partial charge >= 0.3 is 11.9 Å². The number of unbranched alkanes of at least 4 members (excludes halogenated alkanes) is 12. The fourth-order valence-corrected chi connectivity index (χ4v) is 4.55. The van der Waals surface area contributed by atoms with Gasteiger partial charge in [0.1, 0.15) is 0 Å². The summed E-state index contributed by atoms with van der Waals surface area (Å²) in [4.78, 5) is 21.2. The van der Waals surface area contributed by atoms with Crippen LogP contribution in [-0.2, 0) is 9.59 Å². The molecule has 0 saturated carbocycles. The van der Waals surface area contributed by atoms with Gasteiger partial charge in [-0.05, 0) is 42.9 Å². The van der Waals surface area contributed by atoms with Crippen LogP contribution in [-0.4, -0.2) is 22.2 Å². The summed E-state index contributed by atoms with van der Waals surface area (Å²) in [6.07, 6.45) is 22.6. The van der Waals surface area contributed by atoms with Gasteiger partial charge in [0.25, 0.3) is 0 Å². The SMILES string of the molecule is CC(C)(CCCCCCCCCCCCC(=O)O)CCCCCCC(C)(C)CCC(=O)O. The second-order valence-corrected chi connectivity index (χ2v) is 11.6. The zero-order chi connectivity index (χ0) is 24.3. The van der Waals surface area contributed by atoms with Gasteiger partial charge in [-0.15, -0.1) is 0 Å². The highest BCUT2D eigenvalue weighted by Gasteiger charge is 2.19. The average Bonchev–Trinajstić information content (AvgIpc) is 2.69. The number of hydrogen-bond donors (Lipinski definition) is 2. The second kappa shape index (κ2) is 18.4. The standard InChI is InChI=1S/C28H54O4/c1-27(2,22-17-13-14-18-23-28(3,4)24-20-26(31)32)21-16-12-10-8-6-5-7-9-11-15-19-25(29)30/h5-24H2,1-4H3,(H,29,30)(H,31,32). The molecule has 190 valence electrons. The van der Waals surface area contributed by atoms with Crippen LogP contribution in [0.4, 0.5) is 0 Å². The molecule has 2 N–H and O–H groups in total. The van der Waals surface area contributed by atoms with Crippen LogP contribution in [0.1, 0.15) is 156 Å². The topological polar surface area (TPSA) is 74.6 Å². The summed E-state index contributed by atoms with van der Waals surface area (Å²) in [6, 6.07) is 0. The number of carboxylic acids is 2. The van der Waals surface area contributed by atoms with E-state index in [0.717, 1.165) is 25.7 Å². The molecule has 0 atom stereocenters. The van der Waals surface area contributed by atoms with E-state index < -0.39 is 11.9 Å². The normalized spacial score (nSPS) is 12.2. The second-order valence-electron chi connectivity index (χ2n) is 11.6. The minimum Gasteiger partial charge on any atom is -0.481 e. The van der Waals surface area contributed by atoms with Gasteiger partial charge in [0.2, 0.25) is 0 Å². The predicted molar refractivity (Wildman–Crippen MR) is 135 cm³/mol. The maximum atomic E-state index is 10.8. The van der Waals surface area contributed by atoms with Crippen LogP contribution < -0.4 is 0 Å². The van der Waals surface area contributed by atoms with Gasteiger partial charge in [-0.25, -0.2) is 0 Å². The molecule has 0 aromatic carbocycles. The Morgan fingerprint density at radius 3 is 1.06 bits per heavy atom. The van der Waals surface area contributed by atoms with Crippen molar-refractivity contribution in [2.45, 2.75) is 156 Å². The van der Waals surface area contributed by atoms with Gasteiger partial charge in [-0.1, -0.05) is 111 Å². The Bertz CT molecular complexity index is 482. The molecular formula is C28H54O4. The molecule has 0 bridgehead atoms. The number of hydrogen-bond acceptors (Lipinski definition) is 2. The minimum absolute atomic E-state index is 0.152. The lowest BCUT2D eigenvalue weighted by molar-refractivity contribution is -0.138. The van der Waals surface area contributed by atoms with Gasteiger partial charge < -0.3 is 10.2 Å². The molecular weight excluding hydrogens is 400 g/mol. The van der Waals surface area contributed by atoms with Gasteiger partial charge in [-0.3, -0.25) is 9.59 Å². The minimum atomic E-state index is -0.679. The van der Waals surface area contributed by atoms with E-state index in [-0.39, 0.29) is 11.8 Å². The fourth-order valence-electron chi connectivity index (χ4n) is 4.55. The number of carboxylic acid groups (broad SMARTS) is 2. The van der Waals surface area contributed by atoms with E-state index in [4.69, 9.17) is 10.2 Å². The van der Waals surface area contributed by atoms with E-state index in [2.05, 4.69) is 27.7 Å². The van der Waals surface area contributed by atoms with Gasteiger partial charge in [0.05, 0.1) is 0 Å². The van der Waals surface area contributed by atoms with E-state index in [1.165, 1.54) is 89.9 Å². The van der Waals surface area contributed by atoms with E-state index in [1.54, 1.807) is 0 Å². The molecule has 0 aliphatic carbocycles. The quantitative estimate of drug-likeness (QED) is 0.151. The molecule has 0 saturated heterocycles. The summed E-state index contributed by atoms with van der Waals surface area (Å²) in [5, 5.41) is 17.5. The van der Waals surface area contributed by atoms with E-state index in [0.29, 0.717) is 11.8 Å². The third-order valence-corrected chi connectivity index (χ3v) is 6.97. The highest BCUT2D eigenvalue weighted by atomic mass is 16.4. The summed E-state index contributed by atoms with van der Waals surface area (Å²) >= 11 is 0. The molecule has 0 aromatic rings. The maximum Gasteiger partial charge on any atom is 0.303 e. The first kappa shape index (κ1) is 30.9. The third-order valence-electron chi connectivity index (χ3n) is 6.97. The van der Waals surface area contributed by atoms with Gasteiger partial charge in [0.15, 0.2) is 0 Å². The molecule has 0 radical (unpaired) electrons. The molecule has 0 aromatic heterocycles. The summed E-state index contributed by atoms with van der Waals surface area (Å²) in [5.74, 6) is -1.35. The lowest BCUT2D eigenvalue weighted by atomic mass is 9.80. The molecule has 0 unspecified atom stereocenters. The molecule has 32 heavy (non-hydrogen) atoms. The molecule has 4 heteroatoms. The van der Waals surface area contributed by atoms with Crippen molar-refractivity contribution < 1.29 is 19.8 Å². The Kier molecular flexibility index (Phi) is 17.8. The summed E-state index contributed by atoms with van der Waals surface area (Å²) in [7, 11) is 0. The number of rotatable bonds is 23. The lowest BCUT2D eigenvalue weighted by Gasteiger charge is -2.25. The van der Waals surface area contributed by atoms with Crippen LogP contribution in [0.3, 0.4) is 0 Å². The predicted octanol–water partition coefficient (Wildman–Crippen LogP) is 9.01. The van der Waals surface area contributed by atoms with Crippen LogP contribution in [0.5, 0.6) is 0 Å². The first-order valence-electron chi connectivity index (χ1n) is 13.5. The Morgan fingerprint density at radius 2 is 0.719 bits per heavy atom.